The fourth-order valence-electron chi connectivity index (χ4n) is 4.06. The second-order valence-electron chi connectivity index (χ2n) is 8.07. The zero-order chi connectivity index (χ0) is 21.1. The van der Waals surface area contributed by atoms with Crippen LogP contribution in [-0.4, -0.2) is 41.8 Å². The van der Waals surface area contributed by atoms with Crippen molar-refractivity contribution in [1.29, 1.82) is 0 Å². The molecular formula is C22H28N6O2. The minimum Gasteiger partial charge on any atom is -0.387 e. The van der Waals surface area contributed by atoms with Crippen LogP contribution in [0.3, 0.4) is 0 Å². The summed E-state index contributed by atoms with van der Waals surface area (Å²) in [5.41, 5.74) is 3.30. The number of nitrogens with zero attached hydrogens (tertiary/aromatic N) is 5. The summed E-state index contributed by atoms with van der Waals surface area (Å²) in [5.74, 6) is -0.0605. The molecule has 4 rings (SSSR count). The van der Waals surface area contributed by atoms with E-state index < -0.39 is 6.10 Å². The normalized spacial score (nSPS) is 20.1. The Hall–Kier alpha value is -3.00. The maximum Gasteiger partial charge on any atom is 0.254 e. The van der Waals surface area contributed by atoms with Crippen molar-refractivity contribution in [3.05, 3.63) is 65.2 Å². The number of aryl methyl sites for hydroxylation is 1. The molecule has 1 aliphatic carbocycles. The number of hydrogen-bond donors (Lipinski definition) is 2. The van der Waals surface area contributed by atoms with E-state index in [1.807, 2.05) is 36.1 Å². The Morgan fingerprint density at radius 3 is 2.63 bits per heavy atom. The molecule has 0 aliphatic heterocycles. The third-order valence-corrected chi connectivity index (χ3v) is 5.88. The van der Waals surface area contributed by atoms with Gasteiger partial charge in [0.1, 0.15) is 5.69 Å². The molecule has 2 N–H and O–H groups in total. The lowest BCUT2D eigenvalue weighted by molar-refractivity contribution is 0.0920. The Morgan fingerprint density at radius 2 is 1.97 bits per heavy atom. The molecule has 0 spiro atoms. The Kier molecular flexibility index (Phi) is 5.94. The van der Waals surface area contributed by atoms with Gasteiger partial charge in [-0.1, -0.05) is 35.5 Å². The molecule has 1 saturated carbocycles. The van der Waals surface area contributed by atoms with Gasteiger partial charge in [-0.15, -0.1) is 5.10 Å². The van der Waals surface area contributed by atoms with E-state index in [0.717, 1.165) is 36.9 Å². The second-order valence-corrected chi connectivity index (χ2v) is 8.07. The molecule has 1 aliphatic rings. The van der Waals surface area contributed by atoms with Crippen molar-refractivity contribution < 1.29 is 9.90 Å². The van der Waals surface area contributed by atoms with Gasteiger partial charge in [-0.2, -0.15) is 5.10 Å². The maximum absolute atomic E-state index is 12.9. The molecule has 2 aromatic heterocycles. The first kappa shape index (κ1) is 20.3. The van der Waals surface area contributed by atoms with E-state index in [4.69, 9.17) is 0 Å². The van der Waals surface area contributed by atoms with Gasteiger partial charge in [0, 0.05) is 19.5 Å². The molecule has 8 heteroatoms. The number of aliphatic hydroxyl groups excluding tert-OH is 1. The van der Waals surface area contributed by atoms with Gasteiger partial charge in [-0.25, -0.2) is 4.68 Å². The Morgan fingerprint density at radius 1 is 1.23 bits per heavy atom. The Labute approximate surface area is 175 Å². The van der Waals surface area contributed by atoms with Gasteiger partial charge in [-0.3, -0.25) is 9.48 Å². The van der Waals surface area contributed by atoms with E-state index in [0.29, 0.717) is 17.7 Å². The number of hydrogen-bond acceptors (Lipinski definition) is 5. The van der Waals surface area contributed by atoms with E-state index in [1.54, 1.807) is 17.8 Å². The number of carbonyl (C=O) groups excluding carboxylic acids is 1. The maximum atomic E-state index is 12.9. The van der Waals surface area contributed by atoms with E-state index in [-0.39, 0.29) is 18.0 Å². The highest BCUT2D eigenvalue weighted by atomic mass is 16.3. The first-order chi connectivity index (χ1) is 14.5. The third-order valence-electron chi connectivity index (χ3n) is 5.88. The van der Waals surface area contributed by atoms with Gasteiger partial charge in [0.2, 0.25) is 0 Å². The van der Waals surface area contributed by atoms with Crippen LogP contribution in [0.5, 0.6) is 0 Å². The first-order valence-corrected chi connectivity index (χ1v) is 10.5. The summed E-state index contributed by atoms with van der Waals surface area (Å²) in [6.07, 6.45) is 7.13. The number of rotatable bonds is 6. The predicted octanol–water partition coefficient (Wildman–Crippen LogP) is 2.57. The van der Waals surface area contributed by atoms with Crippen molar-refractivity contribution in [1.82, 2.24) is 30.1 Å². The summed E-state index contributed by atoms with van der Waals surface area (Å²) >= 11 is 0. The van der Waals surface area contributed by atoms with E-state index in [9.17, 15) is 9.90 Å². The summed E-state index contributed by atoms with van der Waals surface area (Å²) in [6.45, 7) is 1.69. The molecule has 30 heavy (non-hydrogen) atoms. The number of aromatic nitrogens is 5. The summed E-state index contributed by atoms with van der Waals surface area (Å²) in [6, 6.07) is 10.5. The number of benzene rings is 1. The molecule has 2 heterocycles. The molecule has 8 nitrogen and oxygen atoms in total. The standard InChI is InChI=1S/C22H28N6O2/c1-15(29)20-14-28(26-25-20)18-10-8-17(9-11-18)24-22(30)19-13-23-27(2)21(19)12-16-6-4-3-5-7-16/h3-7,13-15,17-18,29H,8-12H2,1-2H3,(H,24,30). The molecular weight excluding hydrogens is 380 g/mol. The van der Waals surface area contributed by atoms with E-state index >= 15 is 0 Å². The van der Waals surface area contributed by atoms with Gasteiger partial charge in [0.25, 0.3) is 5.91 Å². The van der Waals surface area contributed by atoms with Crippen LogP contribution in [0.4, 0.5) is 0 Å². The number of nitrogens with one attached hydrogen (secondary N) is 1. The molecule has 1 unspecified atom stereocenters. The largest absolute Gasteiger partial charge is 0.387 e. The van der Waals surface area contributed by atoms with Gasteiger partial charge in [0.15, 0.2) is 0 Å². The topological polar surface area (TPSA) is 97.9 Å². The van der Waals surface area contributed by atoms with Crippen molar-refractivity contribution in [3.63, 3.8) is 0 Å². The molecule has 3 aromatic rings. The molecule has 1 aromatic carbocycles. The summed E-state index contributed by atoms with van der Waals surface area (Å²) in [4.78, 5) is 12.9. The second kappa shape index (κ2) is 8.79. The van der Waals surface area contributed by atoms with Gasteiger partial charge >= 0.3 is 0 Å². The van der Waals surface area contributed by atoms with Crippen LogP contribution in [-0.2, 0) is 13.5 Å². The third kappa shape index (κ3) is 4.43. The zero-order valence-electron chi connectivity index (χ0n) is 17.4. The van der Waals surface area contributed by atoms with Gasteiger partial charge in [-0.05, 0) is 38.2 Å². The van der Waals surface area contributed by atoms with Crippen LogP contribution in [0.1, 0.15) is 72.1 Å². The van der Waals surface area contributed by atoms with Crippen molar-refractivity contribution in [3.8, 4) is 0 Å². The number of carbonyl (C=O) groups is 1. The van der Waals surface area contributed by atoms with Crippen LogP contribution >= 0.6 is 0 Å². The fraction of sp³-hybridized carbons (Fsp3) is 0.455. The molecule has 1 amide bonds. The lowest BCUT2D eigenvalue weighted by Crippen LogP contribution is -2.38. The average Bonchev–Trinajstić information content (AvgIpc) is 3.37. The van der Waals surface area contributed by atoms with E-state index in [2.05, 4.69) is 32.9 Å². The molecule has 0 saturated heterocycles. The highest BCUT2D eigenvalue weighted by molar-refractivity contribution is 5.95. The van der Waals surface area contributed by atoms with Crippen LogP contribution in [0, 0.1) is 0 Å². The van der Waals surface area contributed by atoms with Crippen LogP contribution in [0.15, 0.2) is 42.7 Å². The summed E-state index contributed by atoms with van der Waals surface area (Å²) < 4.78 is 3.63. The van der Waals surface area contributed by atoms with Crippen LogP contribution < -0.4 is 5.32 Å². The molecule has 0 radical (unpaired) electrons. The highest BCUT2D eigenvalue weighted by Gasteiger charge is 2.26. The molecule has 158 valence electrons. The minimum absolute atomic E-state index is 0.0605. The van der Waals surface area contributed by atoms with Crippen LogP contribution in [0.2, 0.25) is 0 Å². The van der Waals surface area contributed by atoms with Crippen molar-refractivity contribution >= 4 is 5.91 Å². The zero-order valence-corrected chi connectivity index (χ0v) is 17.4. The smallest absolute Gasteiger partial charge is 0.254 e. The summed E-state index contributed by atoms with van der Waals surface area (Å²) in [5, 5.41) is 25.3. The fourth-order valence-corrected chi connectivity index (χ4v) is 4.06. The molecule has 0 bridgehead atoms. The Balaban J connectivity index is 1.36. The van der Waals surface area contributed by atoms with Gasteiger partial charge in [0.05, 0.1) is 35.8 Å². The van der Waals surface area contributed by atoms with E-state index in [1.165, 1.54) is 0 Å². The molecule has 1 atom stereocenters. The van der Waals surface area contributed by atoms with Crippen molar-refractivity contribution in [2.45, 2.75) is 57.2 Å². The minimum atomic E-state index is -0.612. The first-order valence-electron chi connectivity index (χ1n) is 10.5. The average molecular weight is 409 g/mol. The predicted molar refractivity (Wildman–Crippen MR) is 112 cm³/mol. The number of amides is 1. The molecule has 1 fully saturated rings. The SMILES string of the molecule is CC(O)c1cn(C2CCC(NC(=O)c3cnn(C)c3Cc3ccccc3)CC2)nn1. The van der Waals surface area contributed by atoms with Crippen molar-refractivity contribution in [2.24, 2.45) is 7.05 Å². The Bertz CT molecular complexity index is 986. The highest BCUT2D eigenvalue weighted by Crippen LogP contribution is 2.28. The van der Waals surface area contributed by atoms with Crippen molar-refractivity contribution in [2.75, 3.05) is 0 Å². The lowest BCUT2D eigenvalue weighted by Gasteiger charge is -2.29. The monoisotopic (exact) mass is 408 g/mol. The van der Waals surface area contributed by atoms with Crippen LogP contribution in [0.25, 0.3) is 0 Å². The van der Waals surface area contributed by atoms with Gasteiger partial charge < -0.3 is 10.4 Å². The summed E-state index contributed by atoms with van der Waals surface area (Å²) in [7, 11) is 1.87. The number of aliphatic hydroxyl groups is 1. The quantitative estimate of drug-likeness (QED) is 0.653. The lowest BCUT2D eigenvalue weighted by atomic mass is 9.91.